The molecule has 0 bridgehead atoms. The van der Waals surface area contributed by atoms with Crippen LogP contribution in [-0.2, 0) is 55.9 Å². The number of amides is 5. The molecular formula is C43H64N6O11. The molecule has 0 spiro atoms. The number of aliphatic carboxylic acids is 1. The van der Waals surface area contributed by atoms with Crippen LogP contribution in [0.25, 0.3) is 0 Å². The monoisotopic (exact) mass is 840 g/mol. The molecule has 0 radical (unpaired) electrons. The van der Waals surface area contributed by atoms with Gasteiger partial charge in [0.1, 0.15) is 41.1 Å². The van der Waals surface area contributed by atoms with Crippen molar-refractivity contribution < 1.29 is 52.9 Å². The first-order valence-corrected chi connectivity index (χ1v) is 19.8. The number of benzene rings is 2. The number of primary amides is 1. The van der Waals surface area contributed by atoms with Crippen LogP contribution in [0.4, 0.5) is 0 Å². The van der Waals surface area contributed by atoms with Crippen LogP contribution in [0.1, 0.15) is 99.6 Å². The quantitative estimate of drug-likeness (QED) is 0.0893. The van der Waals surface area contributed by atoms with Gasteiger partial charge in [0.05, 0.1) is 24.2 Å². The van der Waals surface area contributed by atoms with Gasteiger partial charge in [0.15, 0.2) is 0 Å². The third kappa shape index (κ3) is 19.5. The van der Waals surface area contributed by atoms with E-state index in [0.29, 0.717) is 11.3 Å². The van der Waals surface area contributed by atoms with Crippen molar-refractivity contribution in [1.82, 2.24) is 21.3 Å². The Kier molecular flexibility index (Phi) is 18.7. The highest BCUT2D eigenvalue weighted by molar-refractivity contribution is 5.97. The van der Waals surface area contributed by atoms with Crippen molar-refractivity contribution in [3.05, 3.63) is 65.7 Å². The molecule has 0 aliphatic rings. The molecule has 5 amide bonds. The second-order valence-corrected chi connectivity index (χ2v) is 17.6. The standard InChI is InChI=1S/C43H64N6O11/c1-25(58-41(2,3)4)35(49-36(52)29(44)22-27-16-18-28(19-17-27)59-42(5,6)7)39(55)46-30(20-21-33(45)50)37(53)47-31(24-34(51)60-43(8,9)10)38(54)48-32(40(56)57)23-26-14-12-11-13-15-26/h11-19,25,29-32,35H,20-24,44H2,1-10H3,(H2,45,50)(H,46,55)(H,47,53)(H,48,54)(H,49,52)(H,56,57)/t25-,29+,30+,31+,32+,35+/m1/s1. The average molecular weight is 841 g/mol. The van der Waals surface area contributed by atoms with Gasteiger partial charge in [-0.05, 0) is 105 Å². The molecule has 0 saturated heterocycles. The van der Waals surface area contributed by atoms with E-state index in [9.17, 15) is 38.7 Å². The number of nitrogens with two attached hydrogens (primary N) is 2. The summed E-state index contributed by atoms with van der Waals surface area (Å²) in [4.78, 5) is 92.3. The van der Waals surface area contributed by atoms with Crippen LogP contribution >= 0.6 is 0 Å². The average Bonchev–Trinajstić information content (AvgIpc) is 3.10. The van der Waals surface area contributed by atoms with E-state index in [-0.39, 0.29) is 19.3 Å². The number of esters is 1. The Morgan fingerprint density at radius 2 is 1.18 bits per heavy atom. The molecule has 0 aliphatic carbocycles. The number of carboxylic acids is 1. The SMILES string of the molecule is C[C@@H](OC(C)(C)C)[C@H](NC(=O)[C@@H](N)Cc1ccc(OC(C)(C)C)cc1)C(=O)N[C@@H](CCC(N)=O)C(=O)N[C@@H](CC(=O)OC(C)(C)C)C(=O)N[C@@H](Cc1ccccc1)C(=O)O. The lowest BCUT2D eigenvalue weighted by Crippen LogP contribution is -2.61. The van der Waals surface area contributed by atoms with E-state index in [4.69, 9.17) is 25.7 Å². The molecule has 9 N–H and O–H groups in total. The lowest BCUT2D eigenvalue weighted by Gasteiger charge is -2.32. The fourth-order valence-corrected chi connectivity index (χ4v) is 5.85. The molecule has 0 heterocycles. The smallest absolute Gasteiger partial charge is 0.326 e. The lowest BCUT2D eigenvalue weighted by molar-refractivity contribution is -0.156. The van der Waals surface area contributed by atoms with Gasteiger partial charge in [-0.15, -0.1) is 0 Å². The normalized spacial score (nSPS) is 14.8. The zero-order chi connectivity index (χ0) is 45.6. The Balaban J connectivity index is 2.39. The number of nitrogens with one attached hydrogen (secondary N) is 4. The Bertz CT molecular complexity index is 1780. The van der Waals surface area contributed by atoms with Crippen molar-refractivity contribution in [2.45, 2.75) is 154 Å². The van der Waals surface area contributed by atoms with E-state index >= 15 is 0 Å². The lowest BCUT2D eigenvalue weighted by atomic mass is 10.0. The maximum absolute atomic E-state index is 14.1. The summed E-state index contributed by atoms with van der Waals surface area (Å²) in [7, 11) is 0. The minimum absolute atomic E-state index is 0.101. The van der Waals surface area contributed by atoms with Gasteiger partial charge in [-0.3, -0.25) is 28.8 Å². The van der Waals surface area contributed by atoms with Gasteiger partial charge in [-0.25, -0.2) is 4.79 Å². The van der Waals surface area contributed by atoms with Crippen LogP contribution in [0.15, 0.2) is 54.6 Å². The fourth-order valence-electron chi connectivity index (χ4n) is 5.85. The Labute approximate surface area is 352 Å². The summed E-state index contributed by atoms with van der Waals surface area (Å²) in [6.45, 7) is 17.3. The van der Waals surface area contributed by atoms with Crippen LogP contribution in [0, 0.1) is 0 Å². The maximum atomic E-state index is 14.1. The zero-order valence-corrected chi connectivity index (χ0v) is 36.4. The van der Waals surface area contributed by atoms with Crippen molar-refractivity contribution in [1.29, 1.82) is 0 Å². The van der Waals surface area contributed by atoms with Gasteiger partial charge < -0.3 is 52.1 Å². The predicted octanol–water partition coefficient (Wildman–Crippen LogP) is 2.20. The zero-order valence-electron chi connectivity index (χ0n) is 36.4. The second kappa shape index (κ2) is 22.2. The predicted molar refractivity (Wildman–Crippen MR) is 223 cm³/mol. The van der Waals surface area contributed by atoms with Gasteiger partial charge in [0, 0.05) is 12.8 Å². The summed E-state index contributed by atoms with van der Waals surface area (Å²) in [5.41, 5.74) is 10.9. The molecule has 60 heavy (non-hydrogen) atoms. The molecular weight excluding hydrogens is 777 g/mol. The van der Waals surface area contributed by atoms with Gasteiger partial charge in [-0.2, -0.15) is 0 Å². The van der Waals surface area contributed by atoms with E-state index in [0.717, 1.165) is 5.56 Å². The second-order valence-electron chi connectivity index (χ2n) is 17.6. The summed E-state index contributed by atoms with van der Waals surface area (Å²) in [6.07, 6.45) is -2.47. The van der Waals surface area contributed by atoms with Gasteiger partial charge >= 0.3 is 11.9 Å². The number of hydrogen-bond acceptors (Lipinski definition) is 11. The highest BCUT2D eigenvalue weighted by Gasteiger charge is 2.36. The molecule has 2 aromatic carbocycles. The number of ether oxygens (including phenoxy) is 3. The largest absolute Gasteiger partial charge is 0.488 e. The summed E-state index contributed by atoms with van der Waals surface area (Å²) in [5, 5.41) is 19.9. The molecule has 0 saturated carbocycles. The highest BCUT2D eigenvalue weighted by atomic mass is 16.6. The summed E-state index contributed by atoms with van der Waals surface area (Å²) in [5.74, 6) is -6.09. The Morgan fingerprint density at radius 3 is 1.70 bits per heavy atom. The molecule has 0 unspecified atom stereocenters. The van der Waals surface area contributed by atoms with Crippen LogP contribution in [-0.4, -0.2) is 99.7 Å². The van der Waals surface area contributed by atoms with E-state index in [1.165, 1.54) is 0 Å². The highest BCUT2D eigenvalue weighted by Crippen LogP contribution is 2.20. The molecule has 2 rings (SSSR count). The third-order valence-electron chi connectivity index (χ3n) is 8.36. The Hall–Kier alpha value is -5.55. The van der Waals surface area contributed by atoms with E-state index < -0.39 is 107 Å². The number of hydrogen-bond donors (Lipinski definition) is 7. The van der Waals surface area contributed by atoms with Crippen molar-refractivity contribution in [3.63, 3.8) is 0 Å². The van der Waals surface area contributed by atoms with Crippen LogP contribution in [0.3, 0.4) is 0 Å². The minimum Gasteiger partial charge on any atom is -0.488 e. The molecule has 17 nitrogen and oxygen atoms in total. The first-order valence-electron chi connectivity index (χ1n) is 19.8. The van der Waals surface area contributed by atoms with Crippen molar-refractivity contribution in [3.8, 4) is 5.75 Å². The molecule has 0 aliphatic heterocycles. The summed E-state index contributed by atoms with van der Waals surface area (Å²) < 4.78 is 17.3. The molecule has 0 aromatic heterocycles. The molecule has 0 fully saturated rings. The first-order chi connectivity index (χ1) is 27.6. The van der Waals surface area contributed by atoms with Crippen LogP contribution in [0.2, 0.25) is 0 Å². The van der Waals surface area contributed by atoms with Crippen molar-refractivity contribution in [2.75, 3.05) is 0 Å². The molecule has 332 valence electrons. The van der Waals surface area contributed by atoms with E-state index in [1.807, 2.05) is 20.8 Å². The van der Waals surface area contributed by atoms with Gasteiger partial charge in [0.2, 0.25) is 29.5 Å². The van der Waals surface area contributed by atoms with E-state index in [2.05, 4.69) is 21.3 Å². The Morgan fingerprint density at radius 1 is 0.650 bits per heavy atom. The molecule has 17 heteroatoms. The number of rotatable bonds is 21. The third-order valence-corrected chi connectivity index (χ3v) is 8.36. The number of carboxylic acid groups (broad SMARTS) is 1. The fraction of sp³-hybridized carbons (Fsp3) is 0.558. The number of carbonyl (C=O) groups excluding carboxylic acids is 6. The molecule has 6 atom stereocenters. The van der Waals surface area contributed by atoms with Gasteiger partial charge in [-0.1, -0.05) is 42.5 Å². The summed E-state index contributed by atoms with van der Waals surface area (Å²) in [6, 6.07) is 8.31. The molecule has 2 aromatic rings. The van der Waals surface area contributed by atoms with Crippen LogP contribution < -0.4 is 37.5 Å². The van der Waals surface area contributed by atoms with Crippen LogP contribution in [0.5, 0.6) is 5.75 Å². The first kappa shape index (κ1) is 50.6. The van der Waals surface area contributed by atoms with E-state index in [1.54, 1.807) is 103 Å². The number of carbonyl (C=O) groups is 7. The maximum Gasteiger partial charge on any atom is 0.326 e. The topological polar surface area (TPSA) is 268 Å². The van der Waals surface area contributed by atoms with Crippen molar-refractivity contribution in [2.24, 2.45) is 11.5 Å². The van der Waals surface area contributed by atoms with Gasteiger partial charge in [0.25, 0.3) is 0 Å². The van der Waals surface area contributed by atoms with Crippen molar-refractivity contribution >= 4 is 41.5 Å². The summed E-state index contributed by atoms with van der Waals surface area (Å²) >= 11 is 0. The minimum atomic E-state index is -1.69.